The smallest absolute Gasteiger partial charge is 0.356 e. The highest BCUT2D eigenvalue weighted by Crippen LogP contribution is 2.06. The van der Waals surface area contributed by atoms with Gasteiger partial charge < -0.3 is 18.8 Å². The lowest BCUT2D eigenvalue weighted by molar-refractivity contribution is 0.0565. The molecular weight excluding hydrogens is 224 g/mol. The highest BCUT2D eigenvalue weighted by molar-refractivity contribution is 5.87. The van der Waals surface area contributed by atoms with Crippen molar-refractivity contribution in [3.63, 3.8) is 0 Å². The van der Waals surface area contributed by atoms with Crippen LogP contribution in [0.1, 0.15) is 16.3 Å². The average molecular weight is 242 g/mol. The first-order valence-electron chi connectivity index (χ1n) is 5.37. The third-order valence-electron chi connectivity index (χ3n) is 2.34. The molecule has 1 aromatic heterocycles. The Balaban J connectivity index is 2.51. The van der Waals surface area contributed by atoms with Gasteiger partial charge in [0.1, 0.15) is 11.5 Å². The second kappa shape index (κ2) is 7.03. The number of rotatable bonds is 7. The molecule has 1 heterocycles. The number of esters is 1. The van der Waals surface area contributed by atoms with E-state index in [0.717, 1.165) is 5.82 Å². The number of methoxy groups -OCH3 is 2. The zero-order valence-corrected chi connectivity index (χ0v) is 10.4. The monoisotopic (exact) mass is 242 g/mol. The van der Waals surface area contributed by atoms with Crippen molar-refractivity contribution in [3.05, 3.63) is 17.7 Å². The molecule has 96 valence electrons. The molecule has 6 heteroatoms. The van der Waals surface area contributed by atoms with Crippen LogP contribution in [-0.2, 0) is 20.8 Å². The lowest BCUT2D eigenvalue weighted by Crippen LogP contribution is -2.16. The van der Waals surface area contributed by atoms with E-state index in [-0.39, 0.29) is 5.97 Å². The van der Waals surface area contributed by atoms with Gasteiger partial charge in [0.15, 0.2) is 0 Å². The van der Waals surface area contributed by atoms with Crippen molar-refractivity contribution in [2.24, 2.45) is 0 Å². The molecule has 0 aliphatic carbocycles. The summed E-state index contributed by atoms with van der Waals surface area (Å²) in [5.41, 5.74) is 0.445. The van der Waals surface area contributed by atoms with E-state index in [4.69, 9.17) is 9.47 Å². The zero-order valence-electron chi connectivity index (χ0n) is 10.4. The topological polar surface area (TPSA) is 62.6 Å². The number of aryl methyl sites for hydroxylation is 1. The summed E-state index contributed by atoms with van der Waals surface area (Å²) in [6.07, 6.45) is 1.51. The van der Waals surface area contributed by atoms with Gasteiger partial charge in [0.2, 0.25) is 0 Å². The lowest BCUT2D eigenvalue weighted by Gasteiger charge is -2.09. The zero-order chi connectivity index (χ0) is 12.7. The number of carbonyl (C=O) groups is 1. The summed E-state index contributed by atoms with van der Waals surface area (Å²) in [5, 5.41) is 0. The summed E-state index contributed by atoms with van der Waals surface area (Å²) in [7, 11) is 2.98. The van der Waals surface area contributed by atoms with E-state index in [2.05, 4.69) is 9.72 Å². The van der Waals surface area contributed by atoms with Crippen LogP contribution in [0, 0.1) is 6.92 Å². The highest BCUT2D eigenvalue weighted by atomic mass is 16.5. The van der Waals surface area contributed by atoms with Gasteiger partial charge in [-0.2, -0.15) is 0 Å². The van der Waals surface area contributed by atoms with Crippen LogP contribution in [0.3, 0.4) is 0 Å². The number of nitrogens with zero attached hydrogens (tertiary/aromatic N) is 2. The van der Waals surface area contributed by atoms with Gasteiger partial charge >= 0.3 is 5.97 Å². The molecule has 1 aromatic rings. The molecule has 0 bridgehead atoms. The van der Waals surface area contributed by atoms with Gasteiger partial charge in [0.25, 0.3) is 0 Å². The first-order chi connectivity index (χ1) is 8.20. The predicted octanol–water partition coefficient (Wildman–Crippen LogP) is 0.641. The van der Waals surface area contributed by atoms with E-state index < -0.39 is 0 Å². The standard InChI is InChI=1S/C11H18N2O4/c1-9-12-8-10(11(14)16-3)13(9)4-5-17-7-6-15-2/h8H,4-7H2,1-3H3. The number of hydrogen-bond donors (Lipinski definition) is 0. The minimum absolute atomic E-state index is 0.387. The third-order valence-corrected chi connectivity index (χ3v) is 2.34. The van der Waals surface area contributed by atoms with E-state index in [0.29, 0.717) is 32.1 Å². The second-order valence-electron chi connectivity index (χ2n) is 3.44. The summed E-state index contributed by atoms with van der Waals surface area (Å²) in [4.78, 5) is 15.5. The molecule has 0 atom stereocenters. The first-order valence-corrected chi connectivity index (χ1v) is 5.37. The largest absolute Gasteiger partial charge is 0.464 e. The Hall–Kier alpha value is -1.40. The van der Waals surface area contributed by atoms with E-state index in [1.165, 1.54) is 13.3 Å². The van der Waals surface area contributed by atoms with Gasteiger partial charge in [-0.25, -0.2) is 9.78 Å². The molecule has 0 unspecified atom stereocenters. The quantitative estimate of drug-likeness (QED) is 0.518. The number of ether oxygens (including phenoxy) is 3. The van der Waals surface area contributed by atoms with E-state index in [1.807, 2.05) is 6.92 Å². The summed E-state index contributed by atoms with van der Waals surface area (Å²) in [6.45, 7) is 4.01. The van der Waals surface area contributed by atoms with E-state index in [1.54, 1.807) is 11.7 Å². The minimum atomic E-state index is -0.387. The van der Waals surface area contributed by atoms with Crippen LogP contribution < -0.4 is 0 Å². The predicted molar refractivity (Wildman–Crippen MR) is 61.0 cm³/mol. The summed E-state index contributed by atoms with van der Waals surface area (Å²) < 4.78 is 16.7. The fourth-order valence-corrected chi connectivity index (χ4v) is 1.42. The fraction of sp³-hybridized carbons (Fsp3) is 0.636. The van der Waals surface area contributed by atoms with Crippen molar-refractivity contribution in [2.45, 2.75) is 13.5 Å². The van der Waals surface area contributed by atoms with Gasteiger partial charge in [-0.1, -0.05) is 0 Å². The van der Waals surface area contributed by atoms with Crippen molar-refractivity contribution < 1.29 is 19.0 Å². The first kappa shape index (κ1) is 13.7. The molecule has 0 fully saturated rings. The maximum atomic E-state index is 11.4. The average Bonchev–Trinajstić information content (AvgIpc) is 2.70. The summed E-state index contributed by atoms with van der Waals surface area (Å²) in [6, 6.07) is 0. The lowest BCUT2D eigenvalue weighted by atomic mass is 10.4. The van der Waals surface area contributed by atoms with Gasteiger partial charge in [-0.3, -0.25) is 0 Å². The Morgan fingerprint density at radius 3 is 2.76 bits per heavy atom. The number of imidazole rings is 1. The maximum Gasteiger partial charge on any atom is 0.356 e. The van der Waals surface area contributed by atoms with E-state index in [9.17, 15) is 4.79 Å². The van der Waals surface area contributed by atoms with Crippen LogP contribution in [0.5, 0.6) is 0 Å². The summed E-state index contributed by atoms with van der Waals surface area (Å²) in [5.74, 6) is 0.378. The fourth-order valence-electron chi connectivity index (χ4n) is 1.42. The third kappa shape index (κ3) is 3.83. The van der Waals surface area contributed by atoms with Crippen LogP contribution in [0.2, 0.25) is 0 Å². The van der Waals surface area contributed by atoms with Crippen molar-refractivity contribution >= 4 is 5.97 Å². The molecule has 0 aliphatic heterocycles. The van der Waals surface area contributed by atoms with Crippen LogP contribution in [0.15, 0.2) is 6.20 Å². The Bertz CT molecular complexity index is 362. The molecule has 1 rings (SSSR count). The Kier molecular flexibility index (Phi) is 5.65. The maximum absolute atomic E-state index is 11.4. The molecular formula is C11H18N2O4. The molecule has 0 aliphatic rings. The van der Waals surface area contributed by atoms with Crippen LogP contribution in [0.4, 0.5) is 0 Å². The molecule has 0 aromatic carbocycles. The Morgan fingerprint density at radius 1 is 1.35 bits per heavy atom. The van der Waals surface area contributed by atoms with E-state index >= 15 is 0 Å². The molecule has 0 saturated carbocycles. The molecule has 0 N–H and O–H groups in total. The van der Waals surface area contributed by atoms with Crippen molar-refractivity contribution in [1.29, 1.82) is 0 Å². The summed E-state index contributed by atoms with van der Waals surface area (Å²) >= 11 is 0. The van der Waals surface area contributed by atoms with Crippen molar-refractivity contribution in [1.82, 2.24) is 9.55 Å². The Labute approximate surface area is 100 Å². The second-order valence-corrected chi connectivity index (χ2v) is 3.44. The van der Waals surface area contributed by atoms with Crippen molar-refractivity contribution in [3.8, 4) is 0 Å². The van der Waals surface area contributed by atoms with Gasteiger partial charge in [-0.05, 0) is 6.92 Å². The SMILES string of the molecule is COCCOCCn1c(C(=O)OC)cnc1C. The molecule has 17 heavy (non-hydrogen) atoms. The molecule has 0 amide bonds. The number of aromatic nitrogens is 2. The Morgan fingerprint density at radius 2 is 2.12 bits per heavy atom. The molecule has 0 radical (unpaired) electrons. The molecule has 0 saturated heterocycles. The minimum Gasteiger partial charge on any atom is -0.464 e. The number of carbonyl (C=O) groups excluding carboxylic acids is 1. The highest BCUT2D eigenvalue weighted by Gasteiger charge is 2.14. The van der Waals surface area contributed by atoms with Crippen molar-refractivity contribution in [2.75, 3.05) is 34.0 Å². The van der Waals surface area contributed by atoms with Crippen LogP contribution >= 0.6 is 0 Å². The molecule has 6 nitrogen and oxygen atoms in total. The normalized spacial score (nSPS) is 10.5. The van der Waals surface area contributed by atoms with Crippen LogP contribution in [-0.4, -0.2) is 49.6 Å². The van der Waals surface area contributed by atoms with Gasteiger partial charge in [0, 0.05) is 13.7 Å². The number of hydrogen-bond acceptors (Lipinski definition) is 5. The molecule has 0 spiro atoms. The van der Waals surface area contributed by atoms with Gasteiger partial charge in [0.05, 0.1) is 33.1 Å². The van der Waals surface area contributed by atoms with Gasteiger partial charge in [-0.15, -0.1) is 0 Å². The van der Waals surface area contributed by atoms with Crippen LogP contribution in [0.25, 0.3) is 0 Å².